The van der Waals surface area contributed by atoms with Crippen molar-refractivity contribution >= 4 is 28.4 Å². The van der Waals surface area contributed by atoms with Crippen LogP contribution in [0, 0.1) is 12.8 Å². The standard InChI is InChI=1S/C24H29N3O3/c1-7-30-24(28)22(15(2)3)19-14-17(12-13-21(19)29-6)27(5)23-18-10-8-9-11-20(18)25-16(4)26-23/h8-15,22H,7H2,1-6H3. The van der Waals surface area contributed by atoms with Crippen LogP contribution in [0.15, 0.2) is 42.5 Å². The highest BCUT2D eigenvalue weighted by molar-refractivity contribution is 5.91. The number of para-hydroxylation sites is 1. The largest absolute Gasteiger partial charge is 0.496 e. The molecule has 0 aliphatic rings. The molecule has 0 spiro atoms. The van der Waals surface area contributed by atoms with Crippen molar-refractivity contribution in [1.82, 2.24) is 9.97 Å². The monoisotopic (exact) mass is 407 g/mol. The van der Waals surface area contributed by atoms with Crippen molar-refractivity contribution in [1.29, 1.82) is 0 Å². The predicted molar refractivity (Wildman–Crippen MR) is 120 cm³/mol. The first-order valence-corrected chi connectivity index (χ1v) is 10.2. The molecule has 2 aromatic carbocycles. The van der Waals surface area contributed by atoms with Gasteiger partial charge < -0.3 is 14.4 Å². The van der Waals surface area contributed by atoms with Gasteiger partial charge in [-0.2, -0.15) is 0 Å². The van der Waals surface area contributed by atoms with E-state index in [1.807, 2.05) is 82.1 Å². The van der Waals surface area contributed by atoms with Crippen molar-refractivity contribution < 1.29 is 14.3 Å². The van der Waals surface area contributed by atoms with Crippen LogP contribution in [-0.4, -0.2) is 36.7 Å². The van der Waals surface area contributed by atoms with Crippen LogP contribution in [0.2, 0.25) is 0 Å². The van der Waals surface area contributed by atoms with Gasteiger partial charge in [-0.25, -0.2) is 9.97 Å². The first-order valence-electron chi connectivity index (χ1n) is 10.2. The molecule has 1 atom stereocenters. The number of nitrogens with zero attached hydrogens (tertiary/aromatic N) is 3. The zero-order valence-electron chi connectivity index (χ0n) is 18.5. The molecule has 1 aromatic heterocycles. The molecule has 30 heavy (non-hydrogen) atoms. The van der Waals surface area contributed by atoms with Crippen LogP contribution < -0.4 is 9.64 Å². The lowest BCUT2D eigenvalue weighted by atomic mass is 9.87. The summed E-state index contributed by atoms with van der Waals surface area (Å²) in [5.41, 5.74) is 2.61. The number of aryl methyl sites for hydroxylation is 1. The Labute approximate surface area is 177 Å². The van der Waals surface area contributed by atoms with Crippen LogP contribution in [-0.2, 0) is 9.53 Å². The number of methoxy groups -OCH3 is 1. The summed E-state index contributed by atoms with van der Waals surface area (Å²) in [6, 6.07) is 13.8. The Hall–Kier alpha value is -3.15. The number of fused-ring (bicyclic) bond motifs is 1. The van der Waals surface area contributed by atoms with Gasteiger partial charge in [0.15, 0.2) is 0 Å². The maximum atomic E-state index is 12.7. The lowest BCUT2D eigenvalue weighted by Crippen LogP contribution is -2.22. The zero-order chi connectivity index (χ0) is 21.8. The fourth-order valence-electron chi connectivity index (χ4n) is 3.71. The molecular formula is C24H29N3O3. The van der Waals surface area contributed by atoms with Crippen molar-refractivity contribution in [2.24, 2.45) is 5.92 Å². The van der Waals surface area contributed by atoms with E-state index in [0.29, 0.717) is 18.2 Å². The topological polar surface area (TPSA) is 64.5 Å². The van der Waals surface area contributed by atoms with Gasteiger partial charge in [-0.15, -0.1) is 0 Å². The molecule has 0 saturated heterocycles. The third kappa shape index (κ3) is 4.22. The van der Waals surface area contributed by atoms with Crippen molar-refractivity contribution in [3.05, 3.63) is 53.9 Å². The molecule has 0 aliphatic carbocycles. The van der Waals surface area contributed by atoms with E-state index in [2.05, 4.69) is 9.97 Å². The van der Waals surface area contributed by atoms with Crippen molar-refractivity contribution in [2.75, 3.05) is 25.7 Å². The summed E-state index contributed by atoms with van der Waals surface area (Å²) in [6.07, 6.45) is 0. The van der Waals surface area contributed by atoms with Gasteiger partial charge in [0, 0.05) is 23.7 Å². The third-order valence-electron chi connectivity index (χ3n) is 5.16. The molecule has 0 N–H and O–H groups in total. The molecule has 158 valence electrons. The Morgan fingerprint density at radius 2 is 1.87 bits per heavy atom. The van der Waals surface area contributed by atoms with E-state index < -0.39 is 5.92 Å². The minimum absolute atomic E-state index is 0.0561. The van der Waals surface area contributed by atoms with E-state index in [1.165, 1.54) is 0 Å². The molecule has 0 amide bonds. The number of carbonyl (C=O) groups excluding carboxylic acids is 1. The summed E-state index contributed by atoms with van der Waals surface area (Å²) in [6.45, 7) is 8.08. The molecular weight excluding hydrogens is 378 g/mol. The van der Waals surface area contributed by atoms with Crippen LogP contribution in [0.5, 0.6) is 5.75 Å². The summed E-state index contributed by atoms with van der Waals surface area (Å²) in [5, 5.41) is 0.966. The number of ether oxygens (including phenoxy) is 2. The van der Waals surface area contributed by atoms with Gasteiger partial charge in [0.1, 0.15) is 17.4 Å². The van der Waals surface area contributed by atoms with Crippen LogP contribution in [0.3, 0.4) is 0 Å². The SMILES string of the molecule is CCOC(=O)C(c1cc(N(C)c2nc(C)nc3ccccc23)ccc1OC)C(C)C. The number of hydrogen-bond donors (Lipinski definition) is 0. The number of benzene rings is 2. The van der Waals surface area contributed by atoms with Crippen LogP contribution >= 0.6 is 0 Å². The number of carbonyl (C=O) groups is 1. The summed E-state index contributed by atoms with van der Waals surface area (Å²) in [4.78, 5) is 23.9. The van der Waals surface area contributed by atoms with Gasteiger partial charge in [-0.3, -0.25) is 4.79 Å². The van der Waals surface area contributed by atoms with Crippen LogP contribution in [0.25, 0.3) is 10.9 Å². The smallest absolute Gasteiger partial charge is 0.313 e. The van der Waals surface area contributed by atoms with Crippen molar-refractivity contribution in [2.45, 2.75) is 33.6 Å². The molecule has 3 rings (SSSR count). The number of hydrogen-bond acceptors (Lipinski definition) is 6. The fraction of sp³-hybridized carbons (Fsp3) is 0.375. The molecule has 1 unspecified atom stereocenters. The quantitative estimate of drug-likeness (QED) is 0.513. The van der Waals surface area contributed by atoms with Crippen molar-refractivity contribution in [3.63, 3.8) is 0 Å². The lowest BCUT2D eigenvalue weighted by molar-refractivity contribution is -0.146. The Kier molecular flexibility index (Phi) is 6.55. The number of esters is 1. The second-order valence-corrected chi connectivity index (χ2v) is 7.57. The number of rotatable bonds is 7. The van der Waals surface area contributed by atoms with Gasteiger partial charge in [-0.1, -0.05) is 26.0 Å². The molecule has 0 aliphatic heterocycles. The maximum absolute atomic E-state index is 12.7. The second-order valence-electron chi connectivity index (χ2n) is 7.57. The molecule has 6 heteroatoms. The van der Waals surface area contributed by atoms with Crippen LogP contribution in [0.4, 0.5) is 11.5 Å². The Morgan fingerprint density at radius 1 is 1.13 bits per heavy atom. The molecule has 0 fully saturated rings. The summed E-state index contributed by atoms with van der Waals surface area (Å²) in [5.74, 6) is 1.58. The molecule has 0 bridgehead atoms. The van der Waals surface area contributed by atoms with E-state index in [-0.39, 0.29) is 11.9 Å². The Balaban J connectivity index is 2.12. The summed E-state index contributed by atoms with van der Waals surface area (Å²) >= 11 is 0. The average Bonchev–Trinajstić information content (AvgIpc) is 2.72. The van der Waals surface area contributed by atoms with E-state index >= 15 is 0 Å². The van der Waals surface area contributed by atoms with Crippen LogP contribution in [0.1, 0.15) is 38.1 Å². The number of aromatic nitrogens is 2. The fourth-order valence-corrected chi connectivity index (χ4v) is 3.71. The molecule has 1 heterocycles. The molecule has 0 saturated carbocycles. The van der Waals surface area contributed by atoms with E-state index in [1.54, 1.807) is 7.11 Å². The van der Waals surface area contributed by atoms with Crippen molar-refractivity contribution in [3.8, 4) is 5.75 Å². The molecule has 6 nitrogen and oxygen atoms in total. The minimum atomic E-state index is -0.419. The highest BCUT2D eigenvalue weighted by Gasteiger charge is 2.29. The van der Waals surface area contributed by atoms with Gasteiger partial charge in [0.05, 0.1) is 25.2 Å². The highest BCUT2D eigenvalue weighted by atomic mass is 16.5. The van der Waals surface area contributed by atoms with E-state index in [0.717, 1.165) is 28.0 Å². The van der Waals surface area contributed by atoms with Gasteiger partial charge >= 0.3 is 5.97 Å². The Morgan fingerprint density at radius 3 is 2.53 bits per heavy atom. The molecule has 3 aromatic rings. The van der Waals surface area contributed by atoms with Gasteiger partial charge in [-0.05, 0) is 50.1 Å². The summed E-state index contributed by atoms with van der Waals surface area (Å²) < 4.78 is 10.9. The lowest BCUT2D eigenvalue weighted by Gasteiger charge is -2.25. The average molecular weight is 408 g/mol. The zero-order valence-corrected chi connectivity index (χ0v) is 18.5. The van der Waals surface area contributed by atoms with Gasteiger partial charge in [0.2, 0.25) is 0 Å². The predicted octanol–water partition coefficient (Wildman–Crippen LogP) is 5.02. The first-order chi connectivity index (χ1) is 14.4. The minimum Gasteiger partial charge on any atom is -0.496 e. The molecule has 0 radical (unpaired) electrons. The van der Waals surface area contributed by atoms with E-state index in [4.69, 9.17) is 9.47 Å². The number of anilines is 2. The third-order valence-corrected chi connectivity index (χ3v) is 5.16. The Bertz CT molecular complexity index is 1050. The summed E-state index contributed by atoms with van der Waals surface area (Å²) in [7, 11) is 3.58. The first kappa shape index (κ1) is 21.6. The van der Waals surface area contributed by atoms with E-state index in [9.17, 15) is 4.79 Å². The van der Waals surface area contributed by atoms with Gasteiger partial charge in [0.25, 0.3) is 0 Å². The highest BCUT2D eigenvalue weighted by Crippen LogP contribution is 2.38. The second kappa shape index (κ2) is 9.11. The maximum Gasteiger partial charge on any atom is 0.313 e. The normalized spacial score (nSPS) is 12.1.